The van der Waals surface area contributed by atoms with Crippen LogP contribution < -0.4 is 10.5 Å². The molecule has 1 unspecified atom stereocenters. The molecule has 0 aliphatic carbocycles. The highest BCUT2D eigenvalue weighted by Gasteiger charge is 2.18. The van der Waals surface area contributed by atoms with E-state index >= 15 is 0 Å². The summed E-state index contributed by atoms with van der Waals surface area (Å²) < 4.78 is 25.5. The first-order chi connectivity index (χ1) is 7.30. The van der Waals surface area contributed by atoms with Crippen molar-refractivity contribution in [3.63, 3.8) is 0 Å². The summed E-state index contributed by atoms with van der Waals surface area (Å²) in [6, 6.07) is -0.363. The second kappa shape index (κ2) is 5.17. The SMILES string of the molecule is Cc1cnc(C(C)NS(=O)(=O)CC(N)=S)s1. The number of hydrogen-bond donors (Lipinski definition) is 2. The van der Waals surface area contributed by atoms with Crippen LogP contribution >= 0.6 is 23.6 Å². The van der Waals surface area contributed by atoms with Gasteiger partial charge in [-0.3, -0.25) is 0 Å². The Morgan fingerprint density at radius 1 is 1.75 bits per heavy atom. The molecule has 0 radical (unpaired) electrons. The van der Waals surface area contributed by atoms with E-state index in [1.54, 1.807) is 13.1 Å². The highest BCUT2D eigenvalue weighted by molar-refractivity contribution is 7.92. The molecule has 0 fully saturated rings. The fraction of sp³-hybridized carbons (Fsp3) is 0.500. The molecule has 1 rings (SSSR count). The van der Waals surface area contributed by atoms with E-state index in [0.717, 1.165) is 9.88 Å². The molecule has 1 aromatic heterocycles. The predicted octanol–water partition coefficient (Wildman–Crippen LogP) is 0.718. The third-order valence-electron chi connectivity index (χ3n) is 1.70. The Morgan fingerprint density at radius 3 is 2.81 bits per heavy atom. The van der Waals surface area contributed by atoms with Gasteiger partial charge in [0.2, 0.25) is 10.0 Å². The van der Waals surface area contributed by atoms with E-state index in [-0.39, 0.29) is 16.8 Å². The quantitative estimate of drug-likeness (QED) is 0.776. The van der Waals surface area contributed by atoms with Crippen LogP contribution in [0.1, 0.15) is 22.9 Å². The summed E-state index contributed by atoms with van der Waals surface area (Å²) in [6.07, 6.45) is 1.71. The molecule has 0 aromatic carbocycles. The zero-order valence-corrected chi connectivity index (χ0v) is 11.4. The van der Waals surface area contributed by atoms with E-state index < -0.39 is 10.0 Å². The van der Waals surface area contributed by atoms with Crippen molar-refractivity contribution >= 4 is 38.6 Å². The number of nitrogens with one attached hydrogen (secondary N) is 1. The molecule has 0 saturated heterocycles. The minimum atomic E-state index is -3.47. The smallest absolute Gasteiger partial charge is 0.218 e. The third-order valence-corrected chi connectivity index (χ3v) is 4.52. The number of thiazole rings is 1. The Kier molecular flexibility index (Phi) is 4.36. The van der Waals surface area contributed by atoms with Crippen LogP contribution in [-0.2, 0) is 10.0 Å². The van der Waals surface area contributed by atoms with Crippen LogP contribution in [0.3, 0.4) is 0 Å². The molecule has 0 amide bonds. The molecular formula is C8H13N3O2S3. The highest BCUT2D eigenvalue weighted by Crippen LogP contribution is 2.19. The van der Waals surface area contributed by atoms with Gasteiger partial charge in [0.05, 0.1) is 11.0 Å². The Hall–Kier alpha value is -0.570. The van der Waals surface area contributed by atoms with Gasteiger partial charge in [-0.05, 0) is 13.8 Å². The van der Waals surface area contributed by atoms with E-state index in [1.807, 2.05) is 6.92 Å². The van der Waals surface area contributed by atoms with Crippen molar-refractivity contribution in [2.45, 2.75) is 19.9 Å². The molecule has 1 atom stereocenters. The summed E-state index contributed by atoms with van der Waals surface area (Å²) >= 11 is 6.02. The van der Waals surface area contributed by atoms with Crippen molar-refractivity contribution in [1.82, 2.24) is 9.71 Å². The number of nitrogens with two attached hydrogens (primary N) is 1. The van der Waals surface area contributed by atoms with E-state index in [2.05, 4.69) is 21.9 Å². The third kappa shape index (κ3) is 4.12. The van der Waals surface area contributed by atoms with Gasteiger partial charge in [-0.15, -0.1) is 11.3 Å². The maximum atomic E-state index is 11.5. The van der Waals surface area contributed by atoms with Gasteiger partial charge in [-0.25, -0.2) is 18.1 Å². The van der Waals surface area contributed by atoms with Gasteiger partial charge in [-0.1, -0.05) is 12.2 Å². The first-order valence-electron chi connectivity index (χ1n) is 4.51. The molecule has 5 nitrogen and oxygen atoms in total. The molecule has 3 N–H and O–H groups in total. The fourth-order valence-corrected chi connectivity index (χ4v) is 3.55. The summed E-state index contributed by atoms with van der Waals surface area (Å²) in [5, 5.41) is 0.726. The van der Waals surface area contributed by atoms with Crippen LogP contribution in [0.2, 0.25) is 0 Å². The minimum Gasteiger partial charge on any atom is -0.392 e. The van der Waals surface area contributed by atoms with Gasteiger partial charge < -0.3 is 5.73 Å². The minimum absolute atomic E-state index is 0.0463. The molecule has 8 heteroatoms. The number of nitrogens with zero attached hydrogens (tertiary/aromatic N) is 1. The van der Waals surface area contributed by atoms with Gasteiger partial charge >= 0.3 is 0 Å². The lowest BCUT2D eigenvalue weighted by molar-refractivity contribution is 0.570. The largest absolute Gasteiger partial charge is 0.392 e. The number of aryl methyl sites for hydroxylation is 1. The lowest BCUT2D eigenvalue weighted by Crippen LogP contribution is -2.34. The van der Waals surface area contributed by atoms with E-state index in [9.17, 15) is 8.42 Å². The number of sulfonamides is 1. The maximum Gasteiger partial charge on any atom is 0.218 e. The summed E-state index contributed by atoms with van der Waals surface area (Å²) in [6.45, 7) is 3.65. The number of aromatic nitrogens is 1. The second-order valence-corrected chi connectivity index (χ2v) is 6.92. The molecule has 0 aliphatic rings. The molecule has 0 saturated carbocycles. The molecule has 90 valence electrons. The van der Waals surface area contributed by atoms with Crippen molar-refractivity contribution in [2.75, 3.05) is 5.75 Å². The molecular weight excluding hydrogens is 266 g/mol. The Labute approximate surface area is 104 Å². The van der Waals surface area contributed by atoms with Crippen LogP contribution in [0.5, 0.6) is 0 Å². The maximum absolute atomic E-state index is 11.5. The van der Waals surface area contributed by atoms with Crippen molar-refractivity contribution in [1.29, 1.82) is 0 Å². The highest BCUT2D eigenvalue weighted by atomic mass is 32.2. The van der Waals surface area contributed by atoms with E-state index in [4.69, 9.17) is 5.73 Å². The van der Waals surface area contributed by atoms with Gasteiger partial charge in [0.15, 0.2) is 0 Å². The van der Waals surface area contributed by atoms with Crippen LogP contribution in [0, 0.1) is 6.92 Å². The monoisotopic (exact) mass is 279 g/mol. The molecule has 0 spiro atoms. The summed E-state index contributed by atoms with van der Waals surface area (Å²) in [5.74, 6) is -0.336. The first-order valence-corrected chi connectivity index (χ1v) is 7.38. The molecule has 16 heavy (non-hydrogen) atoms. The molecule has 0 aliphatic heterocycles. The second-order valence-electron chi connectivity index (χ2n) is 3.37. The zero-order chi connectivity index (χ0) is 12.3. The average Bonchev–Trinajstić information content (AvgIpc) is 2.47. The van der Waals surface area contributed by atoms with Crippen LogP contribution in [0.15, 0.2) is 6.20 Å². The topological polar surface area (TPSA) is 85.1 Å². The molecule has 1 aromatic rings. The Balaban J connectivity index is 2.71. The lowest BCUT2D eigenvalue weighted by atomic mass is 10.4. The summed E-state index contributed by atoms with van der Waals surface area (Å²) in [7, 11) is -3.47. The van der Waals surface area contributed by atoms with Crippen molar-refractivity contribution in [3.05, 3.63) is 16.1 Å². The standard InChI is InChI=1S/C8H13N3O2S3/c1-5-3-10-8(15-5)6(2)11-16(12,13)4-7(9)14/h3,6,11H,4H2,1-2H3,(H2,9,14). The molecule has 1 heterocycles. The first kappa shape index (κ1) is 13.5. The Morgan fingerprint density at radius 2 is 2.38 bits per heavy atom. The van der Waals surface area contributed by atoms with Gasteiger partial charge in [-0.2, -0.15) is 0 Å². The van der Waals surface area contributed by atoms with E-state index in [1.165, 1.54) is 11.3 Å². The van der Waals surface area contributed by atoms with Crippen molar-refractivity contribution in [2.24, 2.45) is 5.73 Å². The summed E-state index contributed by atoms with van der Waals surface area (Å²) in [4.78, 5) is 5.10. The number of hydrogen-bond acceptors (Lipinski definition) is 5. The fourth-order valence-electron chi connectivity index (χ4n) is 1.12. The lowest BCUT2D eigenvalue weighted by Gasteiger charge is -2.10. The zero-order valence-electron chi connectivity index (χ0n) is 8.93. The number of rotatable bonds is 5. The average molecular weight is 279 g/mol. The summed E-state index contributed by atoms with van der Waals surface area (Å²) in [5.41, 5.74) is 5.20. The normalized spacial score (nSPS) is 13.6. The van der Waals surface area contributed by atoms with Gasteiger partial charge in [0, 0.05) is 11.1 Å². The Bertz CT molecular complexity index is 480. The predicted molar refractivity (Wildman–Crippen MR) is 69.0 cm³/mol. The van der Waals surface area contributed by atoms with Crippen LogP contribution in [0.4, 0.5) is 0 Å². The van der Waals surface area contributed by atoms with Crippen LogP contribution in [0.25, 0.3) is 0 Å². The van der Waals surface area contributed by atoms with Gasteiger partial charge in [0.25, 0.3) is 0 Å². The van der Waals surface area contributed by atoms with Gasteiger partial charge in [0.1, 0.15) is 10.8 Å². The van der Waals surface area contributed by atoms with Crippen LogP contribution in [-0.4, -0.2) is 24.1 Å². The van der Waals surface area contributed by atoms with Crippen molar-refractivity contribution < 1.29 is 8.42 Å². The molecule has 0 bridgehead atoms. The van der Waals surface area contributed by atoms with Crippen molar-refractivity contribution in [3.8, 4) is 0 Å². The van der Waals surface area contributed by atoms with E-state index in [0.29, 0.717) is 0 Å². The number of thiocarbonyl (C=S) groups is 1.